The first kappa shape index (κ1) is 20.9. The van der Waals surface area contributed by atoms with Crippen LogP contribution in [0.2, 0.25) is 0 Å². The van der Waals surface area contributed by atoms with Crippen LogP contribution in [0, 0.1) is 6.92 Å². The van der Waals surface area contributed by atoms with Gasteiger partial charge >= 0.3 is 0 Å². The predicted molar refractivity (Wildman–Crippen MR) is 132 cm³/mol. The average molecular weight is 437 g/mol. The van der Waals surface area contributed by atoms with Gasteiger partial charge in [-0.2, -0.15) is 5.10 Å². The van der Waals surface area contributed by atoms with E-state index in [2.05, 4.69) is 5.10 Å². The molecular weight excluding hydrogens is 412 g/mol. The van der Waals surface area contributed by atoms with E-state index >= 15 is 0 Å². The van der Waals surface area contributed by atoms with E-state index in [0.29, 0.717) is 16.8 Å². The molecule has 1 aromatic heterocycles. The lowest BCUT2D eigenvalue weighted by molar-refractivity contribution is 0.0883. The predicted octanol–water partition coefficient (Wildman–Crippen LogP) is 4.97. The second-order valence-corrected chi connectivity index (χ2v) is 8.22. The molecule has 0 amide bonds. The van der Waals surface area contributed by atoms with Crippen LogP contribution in [-0.4, -0.2) is 27.6 Å². The standard InChI is InChI=1S/C28H24N2O3/c1-19-10-12-21(13-11-19)27-25-8-4-5-9-26(25)28(32)30(29-27)17-23(31)18-33-24-15-14-20-6-2-3-7-22(20)16-24/h2-16,23,31H,17-18H2,1H3/t23-/m0/s1. The highest BCUT2D eigenvalue weighted by atomic mass is 16.5. The van der Waals surface area contributed by atoms with Crippen LogP contribution in [0.1, 0.15) is 5.56 Å². The summed E-state index contributed by atoms with van der Waals surface area (Å²) in [5.74, 6) is 0.673. The molecule has 1 heterocycles. The summed E-state index contributed by atoms with van der Waals surface area (Å²) in [6.45, 7) is 2.12. The number of aromatic nitrogens is 2. The fourth-order valence-corrected chi connectivity index (χ4v) is 3.99. The van der Waals surface area contributed by atoms with Crippen LogP contribution in [0.3, 0.4) is 0 Å². The van der Waals surface area contributed by atoms with Crippen molar-refractivity contribution < 1.29 is 9.84 Å². The maximum Gasteiger partial charge on any atom is 0.274 e. The number of rotatable bonds is 6. The molecule has 0 radical (unpaired) electrons. The first-order valence-electron chi connectivity index (χ1n) is 10.9. The zero-order valence-corrected chi connectivity index (χ0v) is 18.3. The molecule has 1 atom stereocenters. The Morgan fingerprint density at radius 2 is 1.58 bits per heavy atom. The molecule has 0 fully saturated rings. The van der Waals surface area contributed by atoms with Gasteiger partial charge in [0, 0.05) is 10.9 Å². The SMILES string of the molecule is Cc1ccc(-c2nn(C[C@H](O)COc3ccc4ccccc4c3)c(=O)c3ccccc23)cc1. The molecule has 0 aliphatic rings. The fraction of sp³-hybridized carbons (Fsp3) is 0.143. The molecule has 0 bridgehead atoms. The van der Waals surface area contributed by atoms with Crippen molar-refractivity contribution in [1.82, 2.24) is 9.78 Å². The van der Waals surface area contributed by atoms with Crippen LogP contribution in [0.5, 0.6) is 5.75 Å². The monoisotopic (exact) mass is 436 g/mol. The maximum atomic E-state index is 13.1. The summed E-state index contributed by atoms with van der Waals surface area (Å²) in [6, 6.07) is 29.3. The second-order valence-electron chi connectivity index (χ2n) is 8.22. The Labute approximate surface area is 191 Å². The maximum absolute atomic E-state index is 13.1. The summed E-state index contributed by atoms with van der Waals surface area (Å²) in [5.41, 5.74) is 2.56. The Morgan fingerprint density at radius 3 is 2.36 bits per heavy atom. The Morgan fingerprint density at radius 1 is 0.879 bits per heavy atom. The summed E-state index contributed by atoms with van der Waals surface area (Å²) >= 11 is 0. The number of hydrogen-bond donors (Lipinski definition) is 1. The third kappa shape index (κ3) is 4.36. The van der Waals surface area contributed by atoms with Crippen LogP contribution in [0.15, 0.2) is 95.8 Å². The summed E-state index contributed by atoms with van der Waals surface area (Å²) in [6.07, 6.45) is -0.895. The minimum absolute atomic E-state index is 0.0378. The van der Waals surface area contributed by atoms with E-state index in [0.717, 1.165) is 27.3 Å². The van der Waals surface area contributed by atoms with Gasteiger partial charge in [0.25, 0.3) is 5.56 Å². The lowest BCUT2D eigenvalue weighted by Crippen LogP contribution is -2.32. The highest BCUT2D eigenvalue weighted by molar-refractivity contribution is 5.93. The lowest BCUT2D eigenvalue weighted by atomic mass is 10.0. The van der Waals surface area contributed by atoms with Crippen molar-refractivity contribution in [2.24, 2.45) is 0 Å². The number of ether oxygens (including phenoxy) is 1. The number of hydrogen-bond acceptors (Lipinski definition) is 4. The highest BCUT2D eigenvalue weighted by Gasteiger charge is 2.15. The van der Waals surface area contributed by atoms with Crippen molar-refractivity contribution in [3.05, 3.63) is 107 Å². The quantitative estimate of drug-likeness (QED) is 0.408. The third-order valence-electron chi connectivity index (χ3n) is 5.74. The average Bonchev–Trinajstić information content (AvgIpc) is 2.85. The highest BCUT2D eigenvalue weighted by Crippen LogP contribution is 2.25. The van der Waals surface area contributed by atoms with Crippen molar-refractivity contribution >= 4 is 21.5 Å². The van der Waals surface area contributed by atoms with E-state index in [9.17, 15) is 9.90 Å². The van der Waals surface area contributed by atoms with Gasteiger partial charge in [0.2, 0.25) is 0 Å². The third-order valence-corrected chi connectivity index (χ3v) is 5.74. The van der Waals surface area contributed by atoms with Gasteiger partial charge in [-0.25, -0.2) is 4.68 Å². The van der Waals surface area contributed by atoms with Crippen molar-refractivity contribution in [2.45, 2.75) is 19.6 Å². The van der Waals surface area contributed by atoms with Gasteiger partial charge in [-0.05, 0) is 35.9 Å². The summed E-state index contributed by atoms with van der Waals surface area (Å²) in [7, 11) is 0. The Hall–Kier alpha value is -3.96. The largest absolute Gasteiger partial charge is 0.491 e. The minimum Gasteiger partial charge on any atom is -0.491 e. The van der Waals surface area contributed by atoms with Gasteiger partial charge in [-0.15, -0.1) is 0 Å². The molecular formula is C28H24N2O3. The van der Waals surface area contributed by atoms with Crippen LogP contribution in [0.25, 0.3) is 32.8 Å². The van der Waals surface area contributed by atoms with E-state index in [-0.39, 0.29) is 18.7 Å². The normalized spacial score (nSPS) is 12.2. The number of aliphatic hydroxyl groups excluding tert-OH is 1. The van der Waals surface area contributed by atoms with Gasteiger partial charge < -0.3 is 9.84 Å². The van der Waals surface area contributed by atoms with Crippen molar-refractivity contribution in [3.63, 3.8) is 0 Å². The number of aryl methyl sites for hydroxylation is 1. The van der Waals surface area contributed by atoms with E-state index in [1.54, 1.807) is 6.07 Å². The molecule has 5 rings (SSSR count). The van der Waals surface area contributed by atoms with Gasteiger partial charge in [0.05, 0.1) is 17.6 Å². The molecule has 0 aliphatic carbocycles. The lowest BCUT2D eigenvalue weighted by Gasteiger charge is -2.16. The number of fused-ring (bicyclic) bond motifs is 2. The molecule has 1 N–H and O–H groups in total. The zero-order valence-electron chi connectivity index (χ0n) is 18.3. The topological polar surface area (TPSA) is 64.3 Å². The molecule has 33 heavy (non-hydrogen) atoms. The number of aliphatic hydroxyl groups is 1. The molecule has 5 nitrogen and oxygen atoms in total. The first-order valence-corrected chi connectivity index (χ1v) is 10.9. The Balaban J connectivity index is 1.41. The number of nitrogens with zero attached hydrogens (tertiary/aromatic N) is 2. The first-order chi connectivity index (χ1) is 16.1. The van der Waals surface area contributed by atoms with Crippen LogP contribution >= 0.6 is 0 Å². The van der Waals surface area contributed by atoms with Crippen molar-refractivity contribution in [2.75, 3.05) is 6.61 Å². The van der Waals surface area contributed by atoms with E-state index in [1.807, 2.05) is 91.9 Å². The van der Waals surface area contributed by atoms with Gasteiger partial charge in [-0.1, -0.05) is 78.4 Å². The van der Waals surface area contributed by atoms with Crippen LogP contribution in [-0.2, 0) is 6.54 Å². The molecule has 0 aliphatic heterocycles. The van der Waals surface area contributed by atoms with Crippen LogP contribution in [0.4, 0.5) is 0 Å². The second kappa shape index (κ2) is 8.88. The van der Waals surface area contributed by atoms with Crippen molar-refractivity contribution in [1.29, 1.82) is 0 Å². The van der Waals surface area contributed by atoms with E-state index in [4.69, 9.17) is 4.74 Å². The smallest absolute Gasteiger partial charge is 0.274 e. The molecule has 5 heteroatoms. The summed E-state index contributed by atoms with van der Waals surface area (Å²) in [5, 5.41) is 18.8. The molecule has 0 spiro atoms. The zero-order chi connectivity index (χ0) is 22.8. The van der Waals surface area contributed by atoms with Gasteiger partial charge in [-0.3, -0.25) is 4.79 Å². The van der Waals surface area contributed by atoms with Crippen molar-refractivity contribution in [3.8, 4) is 17.0 Å². The van der Waals surface area contributed by atoms with Gasteiger partial charge in [0.1, 0.15) is 18.5 Å². The Kier molecular flexibility index (Phi) is 5.63. The van der Waals surface area contributed by atoms with E-state index in [1.165, 1.54) is 4.68 Å². The summed E-state index contributed by atoms with van der Waals surface area (Å²) < 4.78 is 7.15. The number of benzene rings is 4. The fourth-order valence-electron chi connectivity index (χ4n) is 3.99. The Bertz CT molecular complexity index is 1490. The molecule has 5 aromatic rings. The van der Waals surface area contributed by atoms with Gasteiger partial charge in [0.15, 0.2) is 0 Å². The molecule has 4 aromatic carbocycles. The van der Waals surface area contributed by atoms with E-state index < -0.39 is 6.10 Å². The minimum atomic E-state index is -0.895. The molecule has 0 saturated heterocycles. The molecule has 0 saturated carbocycles. The summed E-state index contributed by atoms with van der Waals surface area (Å²) in [4.78, 5) is 13.1. The van der Waals surface area contributed by atoms with Crippen LogP contribution < -0.4 is 10.3 Å². The molecule has 164 valence electrons. The molecule has 0 unspecified atom stereocenters.